The molecule has 0 nitrogen and oxygen atoms in total. The van der Waals surface area contributed by atoms with Crippen molar-refractivity contribution < 1.29 is 0 Å². The van der Waals surface area contributed by atoms with Gasteiger partial charge in [0.05, 0.1) is 0 Å². The minimum absolute atomic E-state index is 1.17. The molecule has 0 heterocycles. The van der Waals surface area contributed by atoms with E-state index in [9.17, 15) is 0 Å². The maximum Gasteiger partial charge on any atom is -0.00141 e. The van der Waals surface area contributed by atoms with Crippen LogP contribution in [-0.2, 0) is 0 Å². The van der Waals surface area contributed by atoms with Gasteiger partial charge in [0.2, 0.25) is 0 Å². The first-order valence-corrected chi connectivity index (χ1v) is 38.7. The van der Waals surface area contributed by atoms with Crippen molar-refractivity contribution in [2.75, 3.05) is 0 Å². The number of benzene rings is 20. The molecule has 0 saturated heterocycles. The fourth-order valence-corrected chi connectivity index (χ4v) is 16.8. The van der Waals surface area contributed by atoms with Crippen molar-refractivity contribution in [1.29, 1.82) is 0 Å². The van der Waals surface area contributed by atoms with E-state index in [1.165, 1.54) is 197 Å². The molecular weight excluding hydrogens is 1350 g/mol. The summed E-state index contributed by atoms with van der Waals surface area (Å²) < 4.78 is 0. The van der Waals surface area contributed by atoms with Crippen molar-refractivity contribution in [3.63, 3.8) is 0 Å². The predicted octanol–water partition coefficient (Wildman–Crippen LogP) is 31.3. The van der Waals surface area contributed by atoms with Crippen LogP contribution in [0, 0.1) is 0 Å². The lowest BCUT2D eigenvalue weighted by Crippen LogP contribution is -1.93. The van der Waals surface area contributed by atoms with Crippen LogP contribution in [0.1, 0.15) is 44.5 Å². The number of fused-ring (bicyclic) bond motifs is 8. The summed E-state index contributed by atoms with van der Waals surface area (Å²) in [6, 6.07) is 150. The van der Waals surface area contributed by atoms with Gasteiger partial charge in [-0.05, 0) is 234 Å². The summed E-state index contributed by atoms with van der Waals surface area (Å²) in [4.78, 5) is 0. The highest BCUT2D eigenvalue weighted by molar-refractivity contribution is 6.26. The zero-order valence-electron chi connectivity index (χ0n) is 61.9. The van der Waals surface area contributed by atoms with Gasteiger partial charge in [-0.15, -0.1) is 0 Å². The minimum atomic E-state index is 1.17. The monoisotopic (exact) mass is 1420 g/mol. The highest BCUT2D eigenvalue weighted by Crippen LogP contribution is 2.50. The molecule has 0 atom stereocenters. The summed E-state index contributed by atoms with van der Waals surface area (Å²) in [7, 11) is 0. The van der Waals surface area contributed by atoms with Gasteiger partial charge in [-0.25, -0.2) is 0 Å². The first kappa shape index (κ1) is 68.0. The van der Waals surface area contributed by atoms with Crippen LogP contribution in [0.25, 0.3) is 202 Å². The summed E-state index contributed by atoms with van der Waals surface area (Å²) in [6.45, 7) is 0. The second-order valence-corrected chi connectivity index (χ2v) is 29.0. The summed E-state index contributed by atoms with van der Waals surface area (Å²) in [5.74, 6) is 0. The third-order valence-electron chi connectivity index (χ3n) is 22.0. The lowest BCUT2D eigenvalue weighted by atomic mass is 9.82. The Morgan fingerprint density at radius 2 is 0.393 bits per heavy atom. The summed E-state index contributed by atoms with van der Waals surface area (Å²) in [5, 5.41) is 20.0. The number of rotatable bonds is 14. The quantitative estimate of drug-likeness (QED) is 0.0752. The Bertz CT molecular complexity index is 7090. The lowest BCUT2D eigenvalue weighted by Gasteiger charge is -2.20. The SMILES string of the molecule is C(=C\c1ccc2ccccc2c1)/c1cccc(-c2c3ccccc3c(-c3cccc(/C=C/c4ccc5ccccc5c4)c3)c3c(-c4ccccc4)cccc23)c1.C(=C\c1cccc2ccccc12)/c1cccc(-c2c3ccccc3c(-c3cccc(/C=C/c4cccc5ccccc45)c3)c3c(-c4ccccc4)cccc23)c1. The van der Waals surface area contributed by atoms with Crippen molar-refractivity contribution in [3.8, 4) is 66.8 Å². The smallest absolute Gasteiger partial charge is 0.00141 e. The van der Waals surface area contributed by atoms with Crippen molar-refractivity contribution >= 4 is 135 Å². The Morgan fingerprint density at radius 1 is 0.134 bits per heavy atom. The van der Waals surface area contributed by atoms with E-state index in [4.69, 9.17) is 0 Å². The maximum absolute atomic E-state index is 2.35. The second kappa shape index (κ2) is 30.6. The Hall–Kier alpha value is -14.6. The molecule has 0 aromatic heterocycles. The van der Waals surface area contributed by atoms with E-state index in [0.29, 0.717) is 0 Å². The molecule has 0 aliphatic rings. The van der Waals surface area contributed by atoms with E-state index >= 15 is 0 Å². The van der Waals surface area contributed by atoms with E-state index in [1.54, 1.807) is 0 Å². The Morgan fingerprint density at radius 3 is 0.777 bits per heavy atom. The minimum Gasteiger partial charge on any atom is -0.0622 e. The van der Waals surface area contributed by atoms with Gasteiger partial charge in [0, 0.05) is 0 Å². The van der Waals surface area contributed by atoms with Crippen molar-refractivity contribution in [3.05, 3.63) is 457 Å². The third kappa shape index (κ3) is 13.7. The van der Waals surface area contributed by atoms with Crippen molar-refractivity contribution in [2.45, 2.75) is 0 Å². The van der Waals surface area contributed by atoms with Crippen LogP contribution in [0.4, 0.5) is 0 Å². The molecule has 20 rings (SSSR count). The molecule has 0 bridgehead atoms. The fraction of sp³-hybridized carbons (Fsp3) is 0. The molecule has 0 radical (unpaired) electrons. The van der Waals surface area contributed by atoms with Crippen LogP contribution in [0.3, 0.4) is 0 Å². The molecule has 0 unspecified atom stereocenters. The second-order valence-electron chi connectivity index (χ2n) is 29.0. The van der Waals surface area contributed by atoms with Crippen LogP contribution in [-0.4, -0.2) is 0 Å². The average molecular weight is 1420 g/mol. The van der Waals surface area contributed by atoms with Gasteiger partial charge >= 0.3 is 0 Å². The molecule has 0 N–H and O–H groups in total. The van der Waals surface area contributed by atoms with Gasteiger partial charge in [0.1, 0.15) is 0 Å². The van der Waals surface area contributed by atoms with Crippen LogP contribution in [0.5, 0.6) is 0 Å². The Kier molecular flexibility index (Phi) is 18.6. The molecule has 0 heteroatoms. The maximum atomic E-state index is 2.35. The first-order valence-electron chi connectivity index (χ1n) is 38.7. The van der Waals surface area contributed by atoms with E-state index < -0.39 is 0 Å². The third-order valence-corrected chi connectivity index (χ3v) is 22.0. The van der Waals surface area contributed by atoms with Crippen molar-refractivity contribution in [1.82, 2.24) is 0 Å². The average Bonchev–Trinajstić information content (AvgIpc) is 0.728. The van der Waals surface area contributed by atoms with Gasteiger partial charge in [0.15, 0.2) is 0 Å². The van der Waals surface area contributed by atoms with Crippen LogP contribution >= 0.6 is 0 Å². The van der Waals surface area contributed by atoms with E-state index in [2.05, 4.69) is 461 Å². The molecule has 524 valence electrons. The fourth-order valence-electron chi connectivity index (χ4n) is 16.8. The van der Waals surface area contributed by atoms with E-state index in [1.807, 2.05) is 0 Å². The highest BCUT2D eigenvalue weighted by Gasteiger charge is 2.23. The highest BCUT2D eigenvalue weighted by atomic mass is 14.3. The van der Waals surface area contributed by atoms with E-state index in [-0.39, 0.29) is 0 Å². The summed E-state index contributed by atoms with van der Waals surface area (Å²) >= 11 is 0. The normalized spacial score (nSPS) is 11.8. The molecule has 20 aromatic rings. The molecule has 0 fully saturated rings. The van der Waals surface area contributed by atoms with Crippen molar-refractivity contribution in [2.24, 2.45) is 0 Å². The van der Waals surface area contributed by atoms with E-state index in [0.717, 1.165) is 0 Å². The lowest BCUT2D eigenvalue weighted by molar-refractivity contribution is 1.61. The number of hydrogen-bond donors (Lipinski definition) is 0. The molecule has 112 heavy (non-hydrogen) atoms. The molecule has 0 spiro atoms. The van der Waals surface area contributed by atoms with Crippen LogP contribution in [0.15, 0.2) is 413 Å². The molecule has 0 saturated carbocycles. The topological polar surface area (TPSA) is 0 Å². The molecule has 0 amide bonds. The van der Waals surface area contributed by atoms with Crippen LogP contribution < -0.4 is 0 Å². The standard InChI is InChI=1S/2C56H38/c1-2-17-43(18-3-1)50-31-14-32-53-54(46-25-10-15-39(37-46)33-35-44-23-12-21-41-19-4-6-27-48(41)44)51-29-8-9-30-52(51)55(56(50)53)47-26-11-16-40(38-47)34-36-45-24-13-22-42-20-5-7-28-49(42)45;1-2-17-45(18-3-1)50-25-12-26-53-54(48-21-10-13-39(37-48)27-29-41-31-33-43-15-4-6-19-46(43)35-41)51-23-8-9-24-52(51)55(56(50)53)49-22-11-14-40(38-49)28-30-42-32-34-44-16-5-7-20-47(44)36-42/h2*1-38H/b35-33+,36-34+;29-27+,30-28+. The van der Waals surface area contributed by atoms with Crippen LogP contribution in [0.2, 0.25) is 0 Å². The zero-order valence-corrected chi connectivity index (χ0v) is 61.9. The van der Waals surface area contributed by atoms with Gasteiger partial charge in [-0.1, -0.05) is 425 Å². The Labute approximate surface area is 654 Å². The number of hydrogen-bond acceptors (Lipinski definition) is 0. The zero-order chi connectivity index (χ0) is 74.5. The van der Waals surface area contributed by atoms with Gasteiger partial charge in [-0.3, -0.25) is 0 Å². The van der Waals surface area contributed by atoms with Gasteiger partial charge in [-0.2, -0.15) is 0 Å². The Balaban J connectivity index is 0.000000151. The molecule has 20 aromatic carbocycles. The molecule has 0 aliphatic heterocycles. The summed E-state index contributed by atoms with van der Waals surface area (Å²) in [5.41, 5.74) is 24.2. The first-order chi connectivity index (χ1) is 55.5. The van der Waals surface area contributed by atoms with Gasteiger partial charge < -0.3 is 0 Å². The summed E-state index contributed by atoms with van der Waals surface area (Å²) in [6.07, 6.45) is 17.9. The molecular formula is C112H76. The largest absolute Gasteiger partial charge is 0.0622 e. The predicted molar refractivity (Wildman–Crippen MR) is 487 cm³/mol. The van der Waals surface area contributed by atoms with Gasteiger partial charge in [0.25, 0.3) is 0 Å². The molecule has 0 aliphatic carbocycles.